The number of aryl methyl sites for hydroxylation is 1. The summed E-state index contributed by atoms with van der Waals surface area (Å²) in [5.41, 5.74) is 0.768. The molecule has 0 spiro atoms. The molecule has 1 aliphatic carbocycles. The Kier molecular flexibility index (Phi) is 3.66. The van der Waals surface area contributed by atoms with Crippen LogP contribution in [0.25, 0.3) is 0 Å². The zero-order valence-electron chi connectivity index (χ0n) is 12.2. The Labute approximate surface area is 133 Å². The lowest BCUT2D eigenvalue weighted by Gasteiger charge is -2.23. The number of likely N-dealkylation sites (N-methyl/N-ethyl adjacent to an activating group) is 1. The van der Waals surface area contributed by atoms with Crippen LogP contribution >= 0.6 is 15.9 Å². The van der Waals surface area contributed by atoms with Crippen LogP contribution in [-0.4, -0.2) is 17.9 Å². The number of hydrogen-bond donors (Lipinski definition) is 0. The third-order valence-corrected chi connectivity index (χ3v) is 4.57. The highest BCUT2D eigenvalue weighted by Gasteiger charge is 2.52. The van der Waals surface area contributed by atoms with E-state index in [1.807, 2.05) is 44.3 Å². The van der Waals surface area contributed by atoms with Crippen LogP contribution in [0.5, 0.6) is 0 Å². The number of furan rings is 1. The molecule has 0 unspecified atom stereocenters. The Hall–Kier alpha value is -1.55. The Morgan fingerprint density at radius 2 is 2.10 bits per heavy atom. The first-order valence-electron chi connectivity index (χ1n) is 7.08. The zero-order valence-corrected chi connectivity index (χ0v) is 13.8. The van der Waals surface area contributed by atoms with Gasteiger partial charge in [-0.2, -0.15) is 0 Å². The summed E-state index contributed by atoms with van der Waals surface area (Å²) in [6.45, 7) is 2.43. The second-order valence-corrected chi connectivity index (χ2v) is 6.68. The molecule has 1 amide bonds. The SMILES string of the molecule is Cc1ccc(CN(C)C(=O)C2(c3cccc(Br)c3)CC2)o1. The van der Waals surface area contributed by atoms with Gasteiger partial charge in [-0.25, -0.2) is 0 Å². The lowest BCUT2D eigenvalue weighted by molar-refractivity contribution is -0.133. The van der Waals surface area contributed by atoms with Crippen LogP contribution in [0, 0.1) is 6.92 Å². The molecule has 1 fully saturated rings. The highest BCUT2D eigenvalue weighted by molar-refractivity contribution is 9.10. The van der Waals surface area contributed by atoms with Crippen molar-refractivity contribution in [1.29, 1.82) is 0 Å². The van der Waals surface area contributed by atoms with Crippen molar-refractivity contribution >= 4 is 21.8 Å². The van der Waals surface area contributed by atoms with Gasteiger partial charge in [0.1, 0.15) is 11.5 Å². The molecule has 0 radical (unpaired) electrons. The van der Waals surface area contributed by atoms with Gasteiger partial charge in [-0.1, -0.05) is 28.1 Å². The van der Waals surface area contributed by atoms with Gasteiger partial charge in [-0.3, -0.25) is 4.79 Å². The number of rotatable bonds is 4. The fraction of sp³-hybridized carbons (Fsp3) is 0.353. The van der Waals surface area contributed by atoms with Crippen molar-refractivity contribution in [1.82, 2.24) is 4.90 Å². The monoisotopic (exact) mass is 347 g/mol. The first-order valence-corrected chi connectivity index (χ1v) is 7.87. The molecular formula is C17H18BrNO2. The van der Waals surface area contributed by atoms with Crippen LogP contribution in [0.3, 0.4) is 0 Å². The molecule has 1 aromatic heterocycles. The normalized spacial score (nSPS) is 15.8. The number of amides is 1. The topological polar surface area (TPSA) is 33.5 Å². The third-order valence-electron chi connectivity index (χ3n) is 4.07. The Morgan fingerprint density at radius 1 is 1.33 bits per heavy atom. The van der Waals surface area contributed by atoms with Gasteiger partial charge in [0.25, 0.3) is 0 Å². The van der Waals surface area contributed by atoms with Gasteiger partial charge in [0.05, 0.1) is 12.0 Å². The Balaban J connectivity index is 1.78. The van der Waals surface area contributed by atoms with Crippen molar-refractivity contribution in [2.45, 2.75) is 31.7 Å². The highest BCUT2D eigenvalue weighted by atomic mass is 79.9. The molecule has 1 heterocycles. The van der Waals surface area contributed by atoms with E-state index in [9.17, 15) is 4.79 Å². The Bertz CT molecular complexity index is 673. The van der Waals surface area contributed by atoms with Crippen molar-refractivity contribution < 1.29 is 9.21 Å². The third kappa shape index (κ3) is 2.77. The predicted molar refractivity (Wildman–Crippen MR) is 85.0 cm³/mol. The summed E-state index contributed by atoms with van der Waals surface area (Å²) >= 11 is 3.49. The number of hydrogen-bond acceptors (Lipinski definition) is 2. The lowest BCUT2D eigenvalue weighted by atomic mass is 9.94. The average Bonchev–Trinajstić information content (AvgIpc) is 3.17. The maximum Gasteiger partial charge on any atom is 0.233 e. The van der Waals surface area contributed by atoms with E-state index in [0.717, 1.165) is 34.4 Å². The molecule has 2 aromatic rings. The van der Waals surface area contributed by atoms with Gasteiger partial charge in [-0.15, -0.1) is 0 Å². The molecule has 4 heteroatoms. The van der Waals surface area contributed by atoms with E-state index in [4.69, 9.17) is 4.42 Å². The fourth-order valence-electron chi connectivity index (χ4n) is 2.78. The second kappa shape index (κ2) is 5.34. The van der Waals surface area contributed by atoms with Gasteiger partial charge in [0, 0.05) is 11.5 Å². The molecule has 110 valence electrons. The standard InChI is InChI=1S/C17H18BrNO2/c1-12-6-7-15(21-12)11-19(2)16(20)17(8-9-17)13-4-3-5-14(18)10-13/h3-7,10H,8-9,11H2,1-2H3. The maximum atomic E-state index is 12.8. The number of nitrogens with zero attached hydrogens (tertiary/aromatic N) is 1. The predicted octanol–water partition coefficient (Wildman–Crippen LogP) is 4.04. The van der Waals surface area contributed by atoms with E-state index in [1.54, 1.807) is 4.90 Å². The zero-order chi connectivity index (χ0) is 15.0. The van der Waals surface area contributed by atoms with Crippen LogP contribution in [0.2, 0.25) is 0 Å². The van der Waals surface area contributed by atoms with Crippen molar-refractivity contribution in [2.75, 3.05) is 7.05 Å². The summed E-state index contributed by atoms with van der Waals surface area (Å²) in [4.78, 5) is 14.6. The fourth-order valence-corrected chi connectivity index (χ4v) is 3.18. The molecule has 3 nitrogen and oxygen atoms in total. The lowest BCUT2D eigenvalue weighted by Crippen LogP contribution is -2.36. The number of carbonyl (C=O) groups excluding carboxylic acids is 1. The summed E-state index contributed by atoms with van der Waals surface area (Å²) in [5.74, 6) is 1.88. The van der Waals surface area contributed by atoms with E-state index in [2.05, 4.69) is 22.0 Å². The average molecular weight is 348 g/mol. The van der Waals surface area contributed by atoms with Gasteiger partial charge < -0.3 is 9.32 Å². The van der Waals surface area contributed by atoms with Gasteiger partial charge >= 0.3 is 0 Å². The van der Waals surface area contributed by atoms with E-state index < -0.39 is 0 Å². The van der Waals surface area contributed by atoms with Crippen molar-refractivity contribution in [3.63, 3.8) is 0 Å². The van der Waals surface area contributed by atoms with E-state index >= 15 is 0 Å². The highest BCUT2D eigenvalue weighted by Crippen LogP contribution is 2.50. The van der Waals surface area contributed by atoms with Crippen LogP contribution in [0.1, 0.15) is 29.9 Å². The number of carbonyl (C=O) groups is 1. The largest absolute Gasteiger partial charge is 0.464 e. The van der Waals surface area contributed by atoms with Crippen molar-refractivity contribution in [2.24, 2.45) is 0 Å². The summed E-state index contributed by atoms with van der Waals surface area (Å²) in [5, 5.41) is 0. The minimum absolute atomic E-state index is 0.176. The Morgan fingerprint density at radius 3 is 2.67 bits per heavy atom. The summed E-state index contributed by atoms with van der Waals surface area (Å²) in [6.07, 6.45) is 1.84. The smallest absolute Gasteiger partial charge is 0.233 e. The second-order valence-electron chi connectivity index (χ2n) is 5.77. The minimum Gasteiger partial charge on any atom is -0.464 e. The molecule has 1 aliphatic rings. The molecule has 0 atom stereocenters. The molecule has 0 N–H and O–H groups in total. The molecule has 1 aromatic carbocycles. The molecule has 0 saturated heterocycles. The number of halogens is 1. The molecule has 21 heavy (non-hydrogen) atoms. The van der Waals surface area contributed by atoms with Gasteiger partial charge in [0.2, 0.25) is 5.91 Å². The van der Waals surface area contributed by atoms with Crippen molar-refractivity contribution in [3.05, 3.63) is 58.0 Å². The van der Waals surface area contributed by atoms with E-state index in [0.29, 0.717) is 6.54 Å². The van der Waals surface area contributed by atoms with Crippen LogP contribution in [0.15, 0.2) is 45.3 Å². The van der Waals surface area contributed by atoms with Gasteiger partial charge in [-0.05, 0) is 49.6 Å². The molecule has 0 aliphatic heterocycles. The molecular weight excluding hydrogens is 330 g/mol. The first-order chi connectivity index (χ1) is 10.0. The molecule has 0 bridgehead atoms. The maximum absolute atomic E-state index is 12.8. The van der Waals surface area contributed by atoms with Gasteiger partial charge in [0.15, 0.2) is 0 Å². The van der Waals surface area contributed by atoms with Crippen LogP contribution in [0.4, 0.5) is 0 Å². The first kappa shape index (κ1) is 14.4. The summed E-state index contributed by atoms with van der Waals surface area (Å²) in [7, 11) is 1.85. The van der Waals surface area contributed by atoms with Crippen LogP contribution < -0.4 is 0 Å². The van der Waals surface area contributed by atoms with E-state index in [-0.39, 0.29) is 11.3 Å². The van der Waals surface area contributed by atoms with E-state index in [1.165, 1.54) is 0 Å². The molecule has 1 saturated carbocycles. The molecule has 3 rings (SSSR count). The quantitative estimate of drug-likeness (QED) is 0.836. The van der Waals surface area contributed by atoms with Crippen molar-refractivity contribution in [3.8, 4) is 0 Å². The van der Waals surface area contributed by atoms with Crippen LogP contribution in [-0.2, 0) is 16.8 Å². The number of benzene rings is 1. The minimum atomic E-state index is -0.333. The summed E-state index contributed by atoms with van der Waals surface area (Å²) < 4.78 is 6.58. The summed E-state index contributed by atoms with van der Waals surface area (Å²) in [6, 6.07) is 11.9.